The second-order valence-electron chi connectivity index (χ2n) is 15.2. The summed E-state index contributed by atoms with van der Waals surface area (Å²) in [5.41, 5.74) is 1.08. The molecule has 2 bridgehead atoms. The first-order valence-electron chi connectivity index (χ1n) is 17.7. The van der Waals surface area contributed by atoms with Gasteiger partial charge in [-0.15, -0.1) is 0 Å². The van der Waals surface area contributed by atoms with Crippen molar-refractivity contribution in [2.24, 2.45) is 0 Å². The smallest absolute Gasteiger partial charge is 0.410 e. The maximum atomic E-state index is 17.0. The predicted octanol–water partition coefficient (Wildman–Crippen LogP) is 7.09. The van der Waals surface area contributed by atoms with E-state index in [4.69, 9.17) is 24.4 Å². The number of carbonyl (C=O) groups is 1. The quantitative estimate of drug-likeness (QED) is 0.206. The van der Waals surface area contributed by atoms with Gasteiger partial charge in [-0.3, -0.25) is 19.2 Å². The number of carbonyl (C=O) groups excluding carboxylic acids is 1. The van der Waals surface area contributed by atoms with Crippen molar-refractivity contribution in [3.63, 3.8) is 0 Å². The summed E-state index contributed by atoms with van der Waals surface area (Å²) in [5.74, 6) is -0.00707. The number of aryl methyl sites for hydroxylation is 1. The third-order valence-electron chi connectivity index (χ3n) is 10.9. The molecule has 49 heavy (non-hydrogen) atoms. The van der Waals surface area contributed by atoms with Crippen LogP contribution in [0.4, 0.5) is 19.4 Å². The molecule has 0 radical (unpaired) electrons. The number of ether oxygens (including phenoxy) is 2. The summed E-state index contributed by atoms with van der Waals surface area (Å²) in [6.45, 7) is 8.76. The first-order valence-corrected chi connectivity index (χ1v) is 17.7. The van der Waals surface area contributed by atoms with Crippen LogP contribution in [0.5, 0.6) is 6.01 Å². The molecule has 258 valence electrons. The number of anilines is 1. The normalized spacial score (nSPS) is 21.9. The second-order valence-corrected chi connectivity index (χ2v) is 15.2. The highest BCUT2D eigenvalue weighted by Crippen LogP contribution is 2.41. The number of nitrogens with zero attached hydrogens (tertiary/aromatic N) is 6. The van der Waals surface area contributed by atoms with E-state index in [1.54, 1.807) is 6.20 Å². The zero-order valence-electron chi connectivity index (χ0n) is 28.6. The lowest BCUT2D eigenvalue weighted by atomic mass is 9.95. The minimum Gasteiger partial charge on any atom is -0.461 e. The van der Waals surface area contributed by atoms with E-state index in [0.29, 0.717) is 36.5 Å². The zero-order chi connectivity index (χ0) is 33.9. The molecule has 0 N–H and O–H groups in total. The molecule has 11 heteroatoms. The predicted molar refractivity (Wildman–Crippen MR) is 185 cm³/mol. The highest BCUT2D eigenvalue weighted by atomic mass is 19.1. The molecule has 8 rings (SSSR count). The molecule has 2 atom stereocenters. The first-order chi connectivity index (χ1) is 23.6. The molecule has 9 nitrogen and oxygen atoms in total. The SMILES string of the molecule is CC(C)(C)OC(=O)N1[C@@H]2CC[C@H]1CN(c1nc(OCC34CCCN3CCC4)nc3c(F)c(-c4cccc5cccc(CCF)c45)ncc13)C2. The lowest BCUT2D eigenvalue weighted by Gasteiger charge is -2.42. The average molecular weight is 671 g/mol. The van der Waals surface area contributed by atoms with E-state index in [-0.39, 0.29) is 47.4 Å². The molecule has 4 aliphatic heterocycles. The van der Waals surface area contributed by atoms with Crippen molar-refractivity contribution in [1.82, 2.24) is 24.8 Å². The molecule has 1 amide bonds. The van der Waals surface area contributed by atoms with Gasteiger partial charge >= 0.3 is 12.1 Å². The number of hydrogen-bond donors (Lipinski definition) is 0. The van der Waals surface area contributed by atoms with Crippen molar-refractivity contribution in [3.05, 3.63) is 54.0 Å². The molecule has 4 aliphatic rings. The van der Waals surface area contributed by atoms with Crippen molar-refractivity contribution in [2.45, 2.75) is 88.9 Å². The summed E-state index contributed by atoms with van der Waals surface area (Å²) in [4.78, 5) is 34.1. The highest BCUT2D eigenvalue weighted by Gasteiger charge is 2.46. The molecule has 2 aromatic carbocycles. The van der Waals surface area contributed by atoms with E-state index >= 15 is 4.39 Å². The van der Waals surface area contributed by atoms with Crippen molar-refractivity contribution in [2.75, 3.05) is 44.4 Å². The molecule has 4 aromatic rings. The van der Waals surface area contributed by atoms with E-state index in [0.717, 1.165) is 68.0 Å². The molecular weight excluding hydrogens is 626 g/mol. The van der Waals surface area contributed by atoms with Crippen LogP contribution >= 0.6 is 0 Å². The number of benzene rings is 2. The average Bonchev–Trinajstić information content (AvgIpc) is 3.74. The molecule has 0 aliphatic carbocycles. The molecule has 0 saturated carbocycles. The summed E-state index contributed by atoms with van der Waals surface area (Å²) in [7, 11) is 0. The second kappa shape index (κ2) is 12.3. The number of fused-ring (bicyclic) bond motifs is 5. The summed E-state index contributed by atoms with van der Waals surface area (Å²) < 4.78 is 42.8. The van der Waals surface area contributed by atoms with Crippen LogP contribution in [0.3, 0.4) is 0 Å². The van der Waals surface area contributed by atoms with Crippen molar-refractivity contribution >= 4 is 33.6 Å². The summed E-state index contributed by atoms with van der Waals surface area (Å²) in [6.07, 6.45) is 7.68. The Kier molecular flexibility index (Phi) is 8.08. The minimum atomic E-state index is -0.589. The first kappa shape index (κ1) is 32.1. The van der Waals surface area contributed by atoms with Gasteiger partial charge < -0.3 is 14.4 Å². The summed E-state index contributed by atoms with van der Waals surface area (Å²) in [5, 5.41) is 2.17. The number of amides is 1. The van der Waals surface area contributed by atoms with Crippen LogP contribution in [0.1, 0.15) is 64.9 Å². The number of alkyl halides is 1. The fourth-order valence-electron chi connectivity index (χ4n) is 8.79. The molecule has 6 heterocycles. The van der Waals surface area contributed by atoms with E-state index in [9.17, 15) is 9.18 Å². The number of halogens is 2. The number of hydrogen-bond acceptors (Lipinski definition) is 8. The van der Waals surface area contributed by atoms with Gasteiger partial charge in [0.1, 0.15) is 29.2 Å². The Morgan fingerprint density at radius 2 is 1.73 bits per heavy atom. The fraction of sp³-hybridized carbons (Fsp3) is 0.526. The number of aromatic nitrogens is 3. The number of rotatable bonds is 7. The van der Waals surface area contributed by atoms with E-state index < -0.39 is 18.1 Å². The largest absolute Gasteiger partial charge is 0.461 e. The third kappa shape index (κ3) is 5.73. The fourth-order valence-corrected chi connectivity index (χ4v) is 8.79. The molecule has 4 saturated heterocycles. The Morgan fingerprint density at radius 1 is 1.02 bits per heavy atom. The zero-order valence-corrected chi connectivity index (χ0v) is 28.6. The van der Waals surface area contributed by atoms with Gasteiger partial charge in [0, 0.05) is 31.3 Å². The highest BCUT2D eigenvalue weighted by molar-refractivity contribution is 6.00. The standard InChI is InChI=1S/C38H44F2N6O3/c1-37(2,3)49-36(47)46-26-12-13-27(46)22-44(21-26)34-29-20-41-32(28-11-5-10-24-8-4-9-25(14-17-39)30(24)28)31(40)33(29)42-35(43-34)48-23-38-15-6-18-45(38)19-7-16-38/h4-5,8-11,20,26-27H,6-7,12-19,21-23H2,1-3H3/t26-,27+. The van der Waals surface area contributed by atoms with Gasteiger partial charge in [-0.2, -0.15) is 9.97 Å². The van der Waals surface area contributed by atoms with Gasteiger partial charge in [0.25, 0.3) is 0 Å². The number of pyridine rings is 1. The Hall–Kier alpha value is -4.12. The Labute approximate surface area is 285 Å². The van der Waals surface area contributed by atoms with E-state index in [1.165, 1.54) is 0 Å². The Bertz CT molecular complexity index is 1890. The van der Waals surface area contributed by atoms with Crippen LogP contribution in [0.25, 0.3) is 32.9 Å². The summed E-state index contributed by atoms with van der Waals surface area (Å²) >= 11 is 0. The van der Waals surface area contributed by atoms with Crippen LogP contribution in [0.2, 0.25) is 0 Å². The molecule has 4 fully saturated rings. The maximum Gasteiger partial charge on any atom is 0.410 e. The minimum absolute atomic E-state index is 0.0334. The summed E-state index contributed by atoms with van der Waals surface area (Å²) in [6, 6.07) is 11.4. The van der Waals surface area contributed by atoms with Crippen molar-refractivity contribution in [1.29, 1.82) is 0 Å². The lowest BCUT2D eigenvalue weighted by Crippen LogP contribution is -2.57. The van der Waals surface area contributed by atoms with Crippen molar-refractivity contribution in [3.8, 4) is 17.3 Å². The van der Waals surface area contributed by atoms with Crippen LogP contribution in [0, 0.1) is 5.82 Å². The topological polar surface area (TPSA) is 83.9 Å². The Morgan fingerprint density at radius 3 is 2.43 bits per heavy atom. The van der Waals surface area contributed by atoms with E-state index in [2.05, 4.69) is 9.80 Å². The molecule has 2 aromatic heterocycles. The van der Waals surface area contributed by atoms with E-state index in [1.807, 2.05) is 62.1 Å². The van der Waals surface area contributed by atoms with Gasteiger partial charge in [-0.05, 0) is 88.7 Å². The Balaban J connectivity index is 1.21. The maximum absolute atomic E-state index is 17.0. The van der Waals surface area contributed by atoms with Crippen LogP contribution in [0.15, 0.2) is 42.6 Å². The third-order valence-corrected chi connectivity index (χ3v) is 10.9. The van der Waals surface area contributed by atoms with Gasteiger partial charge in [-0.1, -0.05) is 36.4 Å². The van der Waals surface area contributed by atoms with Crippen LogP contribution in [-0.2, 0) is 11.2 Å². The lowest BCUT2D eigenvalue weighted by molar-refractivity contribution is 0.0122. The molecule has 0 spiro atoms. The molecule has 0 unspecified atom stereocenters. The van der Waals surface area contributed by atoms with Crippen molar-refractivity contribution < 1.29 is 23.0 Å². The van der Waals surface area contributed by atoms with Gasteiger partial charge in [0.2, 0.25) is 0 Å². The van der Waals surface area contributed by atoms with Crippen LogP contribution in [-0.4, -0.2) is 93.5 Å². The van der Waals surface area contributed by atoms with Crippen LogP contribution < -0.4 is 9.64 Å². The van der Waals surface area contributed by atoms with Gasteiger partial charge in [0.05, 0.1) is 29.7 Å². The van der Waals surface area contributed by atoms with Gasteiger partial charge in [0.15, 0.2) is 5.82 Å². The number of piperazine rings is 1. The van der Waals surface area contributed by atoms with Gasteiger partial charge in [-0.25, -0.2) is 9.18 Å². The molecular formula is C38H44F2N6O3. The monoisotopic (exact) mass is 670 g/mol.